The second-order valence-electron chi connectivity index (χ2n) is 5.48. The summed E-state index contributed by atoms with van der Waals surface area (Å²) in [5.41, 5.74) is 6.19. The van der Waals surface area contributed by atoms with Gasteiger partial charge in [0.05, 0.1) is 5.70 Å². The molecule has 0 atom stereocenters. The van der Waals surface area contributed by atoms with E-state index in [0.29, 0.717) is 11.3 Å². The molecule has 110 valence electrons. The number of hydrogen-bond donors (Lipinski definition) is 2. The van der Waals surface area contributed by atoms with E-state index >= 15 is 0 Å². The van der Waals surface area contributed by atoms with E-state index in [1.54, 1.807) is 24.3 Å². The summed E-state index contributed by atoms with van der Waals surface area (Å²) < 4.78 is 5.50. The molecule has 1 amide bonds. The smallest absolute Gasteiger partial charge is 0.333 e. The molecule has 0 bridgehead atoms. The maximum atomic E-state index is 12.0. The number of nitrogens with one attached hydrogen (secondary N) is 2. The molecule has 1 saturated carbocycles. The average molecular weight is 286 g/mol. The summed E-state index contributed by atoms with van der Waals surface area (Å²) in [6, 6.07) is 8.93. The Hall–Kier alpha value is -2.30. The van der Waals surface area contributed by atoms with Crippen LogP contribution in [0.3, 0.4) is 0 Å². The molecule has 1 heterocycles. The maximum absolute atomic E-state index is 12.0. The monoisotopic (exact) mass is 286 g/mol. The molecule has 1 aliphatic heterocycles. The van der Waals surface area contributed by atoms with Gasteiger partial charge in [-0.05, 0) is 37.8 Å². The van der Waals surface area contributed by atoms with Crippen molar-refractivity contribution in [2.45, 2.75) is 37.7 Å². The highest BCUT2D eigenvalue weighted by atomic mass is 16.6. The van der Waals surface area contributed by atoms with Crippen LogP contribution in [0.1, 0.15) is 42.5 Å². The first kappa shape index (κ1) is 13.7. The number of amides is 1. The first-order valence-electron chi connectivity index (χ1n) is 7.26. The molecule has 3 rings (SSSR count). The zero-order valence-electron chi connectivity index (χ0n) is 11.7. The second kappa shape index (κ2) is 5.60. The molecular weight excluding hydrogens is 268 g/mol. The Kier molecular flexibility index (Phi) is 3.64. The van der Waals surface area contributed by atoms with Crippen LogP contribution in [-0.2, 0) is 9.53 Å². The van der Waals surface area contributed by atoms with Gasteiger partial charge in [-0.2, -0.15) is 0 Å². The van der Waals surface area contributed by atoms with E-state index in [2.05, 4.69) is 10.9 Å². The van der Waals surface area contributed by atoms with Crippen molar-refractivity contribution in [3.8, 4) is 0 Å². The fourth-order valence-electron chi connectivity index (χ4n) is 2.96. The summed E-state index contributed by atoms with van der Waals surface area (Å²) >= 11 is 0. The molecule has 2 aliphatic rings. The average Bonchev–Trinajstić information content (AvgIpc) is 2.81. The maximum Gasteiger partial charge on any atom is 0.333 e. The molecule has 1 spiro atoms. The third kappa shape index (κ3) is 2.77. The van der Waals surface area contributed by atoms with Gasteiger partial charge in [-0.15, -0.1) is 0 Å². The van der Waals surface area contributed by atoms with E-state index in [0.717, 1.165) is 32.1 Å². The zero-order valence-corrected chi connectivity index (χ0v) is 11.7. The SMILES string of the molecule is O=C1C=C(NNC(=O)c2ccccc2)C2(CCCCC2)O1. The predicted molar refractivity (Wildman–Crippen MR) is 77.0 cm³/mol. The minimum atomic E-state index is -0.570. The number of rotatable bonds is 3. The van der Waals surface area contributed by atoms with Crippen molar-refractivity contribution in [1.29, 1.82) is 0 Å². The Morgan fingerprint density at radius 2 is 1.81 bits per heavy atom. The Bertz CT molecular complexity index is 574. The van der Waals surface area contributed by atoms with Crippen LogP contribution in [0.15, 0.2) is 42.1 Å². The van der Waals surface area contributed by atoms with Crippen LogP contribution in [0.4, 0.5) is 0 Å². The van der Waals surface area contributed by atoms with Crippen LogP contribution < -0.4 is 10.9 Å². The molecule has 5 heteroatoms. The van der Waals surface area contributed by atoms with Crippen LogP contribution in [0.2, 0.25) is 0 Å². The van der Waals surface area contributed by atoms with Crippen molar-refractivity contribution in [1.82, 2.24) is 10.9 Å². The van der Waals surface area contributed by atoms with E-state index in [1.807, 2.05) is 6.07 Å². The van der Waals surface area contributed by atoms with Crippen molar-refractivity contribution in [3.05, 3.63) is 47.7 Å². The molecule has 1 fully saturated rings. The van der Waals surface area contributed by atoms with E-state index in [9.17, 15) is 9.59 Å². The number of esters is 1. The lowest BCUT2D eigenvalue weighted by atomic mass is 9.83. The molecule has 0 unspecified atom stereocenters. The largest absolute Gasteiger partial charge is 0.449 e. The lowest BCUT2D eigenvalue weighted by Crippen LogP contribution is -2.46. The van der Waals surface area contributed by atoms with Crippen LogP contribution in [0, 0.1) is 0 Å². The lowest BCUT2D eigenvalue weighted by Gasteiger charge is -2.34. The van der Waals surface area contributed by atoms with Gasteiger partial charge in [-0.1, -0.05) is 24.6 Å². The summed E-state index contributed by atoms with van der Waals surface area (Å²) in [6.07, 6.45) is 6.26. The summed E-state index contributed by atoms with van der Waals surface area (Å²) in [4.78, 5) is 23.6. The molecule has 1 aromatic rings. The summed E-state index contributed by atoms with van der Waals surface area (Å²) in [5.74, 6) is -0.574. The summed E-state index contributed by atoms with van der Waals surface area (Å²) in [7, 11) is 0. The lowest BCUT2D eigenvalue weighted by molar-refractivity contribution is -0.148. The Morgan fingerprint density at radius 3 is 2.52 bits per heavy atom. The number of ether oxygens (including phenoxy) is 1. The first-order valence-corrected chi connectivity index (χ1v) is 7.26. The topological polar surface area (TPSA) is 67.4 Å². The van der Waals surface area contributed by atoms with Crippen molar-refractivity contribution in [2.24, 2.45) is 0 Å². The minimum absolute atomic E-state index is 0.234. The third-order valence-corrected chi connectivity index (χ3v) is 4.06. The van der Waals surface area contributed by atoms with Crippen LogP contribution >= 0.6 is 0 Å². The number of hydrogen-bond acceptors (Lipinski definition) is 4. The van der Waals surface area contributed by atoms with Gasteiger partial charge < -0.3 is 4.74 Å². The van der Waals surface area contributed by atoms with Crippen molar-refractivity contribution in [3.63, 3.8) is 0 Å². The summed E-state index contributed by atoms with van der Waals surface area (Å²) in [6.45, 7) is 0. The number of hydrazine groups is 1. The van der Waals surface area contributed by atoms with Crippen molar-refractivity contribution in [2.75, 3.05) is 0 Å². The van der Waals surface area contributed by atoms with Gasteiger partial charge in [0, 0.05) is 11.6 Å². The van der Waals surface area contributed by atoms with Crippen LogP contribution in [-0.4, -0.2) is 17.5 Å². The van der Waals surface area contributed by atoms with Crippen molar-refractivity contribution < 1.29 is 14.3 Å². The Balaban J connectivity index is 1.67. The quantitative estimate of drug-likeness (QED) is 0.659. The Morgan fingerprint density at radius 1 is 1.10 bits per heavy atom. The zero-order chi connectivity index (χ0) is 14.7. The summed E-state index contributed by atoms with van der Waals surface area (Å²) in [5, 5.41) is 0. The van der Waals surface area contributed by atoms with Gasteiger partial charge in [0.25, 0.3) is 5.91 Å². The molecule has 2 N–H and O–H groups in total. The van der Waals surface area contributed by atoms with Crippen molar-refractivity contribution >= 4 is 11.9 Å². The molecule has 0 saturated heterocycles. The highest BCUT2D eigenvalue weighted by molar-refractivity contribution is 5.94. The van der Waals surface area contributed by atoms with Crippen LogP contribution in [0.5, 0.6) is 0 Å². The number of benzene rings is 1. The van der Waals surface area contributed by atoms with Gasteiger partial charge in [-0.25, -0.2) is 4.79 Å². The predicted octanol–water partition coefficient (Wildman–Crippen LogP) is 2.06. The van der Waals surface area contributed by atoms with Crippen LogP contribution in [0.25, 0.3) is 0 Å². The Labute approximate surface area is 123 Å². The molecule has 0 radical (unpaired) electrons. The van der Waals surface area contributed by atoms with Gasteiger partial charge in [0.15, 0.2) is 5.60 Å². The molecule has 0 aromatic heterocycles. The minimum Gasteiger partial charge on any atom is -0.449 e. The first-order chi connectivity index (χ1) is 10.2. The number of carbonyl (C=O) groups is 2. The highest BCUT2D eigenvalue weighted by Gasteiger charge is 2.44. The second-order valence-corrected chi connectivity index (χ2v) is 5.48. The van der Waals surface area contributed by atoms with E-state index in [1.165, 1.54) is 6.08 Å². The highest BCUT2D eigenvalue weighted by Crippen LogP contribution is 2.39. The number of carbonyl (C=O) groups excluding carboxylic acids is 2. The van der Waals surface area contributed by atoms with Gasteiger partial charge >= 0.3 is 5.97 Å². The third-order valence-electron chi connectivity index (χ3n) is 4.06. The fraction of sp³-hybridized carbons (Fsp3) is 0.375. The van der Waals surface area contributed by atoms with Gasteiger partial charge in [-0.3, -0.25) is 15.6 Å². The molecular formula is C16H18N2O3. The molecule has 1 aliphatic carbocycles. The van der Waals surface area contributed by atoms with E-state index in [-0.39, 0.29) is 11.9 Å². The standard InChI is InChI=1S/C16H18N2O3/c19-14-11-13(16(21-14)9-5-2-6-10-16)17-18-15(20)12-7-3-1-4-8-12/h1,3-4,7-8,11,17H,2,5-6,9-10H2,(H,18,20). The van der Waals surface area contributed by atoms with Gasteiger partial charge in [0.1, 0.15) is 0 Å². The van der Waals surface area contributed by atoms with Gasteiger partial charge in [0.2, 0.25) is 0 Å². The molecule has 5 nitrogen and oxygen atoms in total. The molecule has 1 aromatic carbocycles. The van der Waals surface area contributed by atoms with E-state index in [4.69, 9.17) is 4.74 Å². The normalized spacial score (nSPS) is 19.8. The fourth-order valence-corrected chi connectivity index (χ4v) is 2.96. The van der Waals surface area contributed by atoms with E-state index < -0.39 is 5.60 Å². The molecule has 21 heavy (non-hydrogen) atoms.